The van der Waals surface area contributed by atoms with E-state index < -0.39 is 5.97 Å². The molecule has 18 heavy (non-hydrogen) atoms. The summed E-state index contributed by atoms with van der Waals surface area (Å²) in [5, 5.41) is 13.0. The number of benzene rings is 1. The van der Waals surface area contributed by atoms with Crippen molar-refractivity contribution in [2.75, 3.05) is 5.32 Å². The van der Waals surface area contributed by atoms with E-state index in [1.807, 2.05) is 24.3 Å². The quantitative estimate of drug-likeness (QED) is 0.869. The van der Waals surface area contributed by atoms with Gasteiger partial charge in [0, 0.05) is 6.04 Å². The fourth-order valence-electron chi connectivity index (χ4n) is 2.11. The zero-order chi connectivity index (χ0) is 12.5. The largest absolute Gasteiger partial charge is 0.481 e. The first-order valence-electron chi connectivity index (χ1n) is 6.06. The molecule has 1 aromatic heterocycles. The highest BCUT2D eigenvalue weighted by Crippen LogP contribution is 2.37. The number of hydrogen-bond donors (Lipinski definition) is 2. The molecule has 3 rings (SSSR count). The van der Waals surface area contributed by atoms with Crippen LogP contribution in [0.1, 0.15) is 19.3 Å². The molecule has 0 amide bonds. The summed E-state index contributed by atoms with van der Waals surface area (Å²) < 4.78 is 1.13. The fraction of sp³-hybridized carbons (Fsp3) is 0.385. The van der Waals surface area contributed by atoms with E-state index in [-0.39, 0.29) is 12.5 Å². The molecule has 0 spiro atoms. The summed E-state index contributed by atoms with van der Waals surface area (Å²) in [4.78, 5) is 15.3. The van der Waals surface area contributed by atoms with Crippen LogP contribution < -0.4 is 5.32 Å². The number of carboxylic acid groups (broad SMARTS) is 1. The number of anilines is 1. The molecule has 0 saturated heterocycles. The Morgan fingerprint density at radius 2 is 2.28 bits per heavy atom. The predicted molar refractivity (Wildman–Crippen MR) is 72.0 cm³/mol. The molecule has 1 unspecified atom stereocenters. The Labute approximate surface area is 109 Å². The molecule has 1 heterocycles. The highest BCUT2D eigenvalue weighted by molar-refractivity contribution is 7.22. The van der Waals surface area contributed by atoms with Gasteiger partial charge in [0.2, 0.25) is 0 Å². The SMILES string of the molecule is O=C(O)CC(Nc1nc2ccccc2s1)C1CC1. The third-order valence-electron chi connectivity index (χ3n) is 3.19. The molecule has 1 fully saturated rings. The Morgan fingerprint density at radius 1 is 1.50 bits per heavy atom. The van der Waals surface area contributed by atoms with Gasteiger partial charge in [-0.2, -0.15) is 0 Å². The summed E-state index contributed by atoms with van der Waals surface area (Å²) in [5.74, 6) is -0.256. The maximum absolute atomic E-state index is 10.8. The third-order valence-corrected chi connectivity index (χ3v) is 4.16. The van der Waals surface area contributed by atoms with Gasteiger partial charge in [-0.05, 0) is 30.9 Å². The standard InChI is InChI=1S/C13H14N2O2S/c16-12(17)7-10(8-5-6-8)15-13-14-9-3-1-2-4-11(9)18-13/h1-4,8,10H,5-7H2,(H,14,15)(H,16,17). The van der Waals surface area contributed by atoms with E-state index in [1.54, 1.807) is 11.3 Å². The van der Waals surface area contributed by atoms with E-state index in [1.165, 1.54) is 0 Å². The molecule has 5 heteroatoms. The lowest BCUT2D eigenvalue weighted by Crippen LogP contribution is -2.25. The van der Waals surface area contributed by atoms with Crippen LogP contribution in [0, 0.1) is 5.92 Å². The number of rotatable bonds is 5. The van der Waals surface area contributed by atoms with Gasteiger partial charge >= 0.3 is 5.97 Å². The molecule has 1 aliphatic rings. The first-order valence-corrected chi connectivity index (χ1v) is 6.88. The van der Waals surface area contributed by atoms with Crippen LogP contribution in [0.15, 0.2) is 24.3 Å². The normalized spacial score (nSPS) is 16.7. The molecule has 1 aliphatic carbocycles. The topological polar surface area (TPSA) is 62.2 Å². The number of aromatic nitrogens is 1. The van der Waals surface area contributed by atoms with Crippen molar-refractivity contribution in [3.63, 3.8) is 0 Å². The van der Waals surface area contributed by atoms with Crippen molar-refractivity contribution in [2.24, 2.45) is 5.92 Å². The van der Waals surface area contributed by atoms with Crippen molar-refractivity contribution in [1.82, 2.24) is 4.98 Å². The van der Waals surface area contributed by atoms with Crippen LogP contribution in [0.4, 0.5) is 5.13 Å². The molecule has 4 nitrogen and oxygen atoms in total. The van der Waals surface area contributed by atoms with E-state index in [9.17, 15) is 4.79 Å². The third kappa shape index (κ3) is 2.46. The molecule has 1 atom stereocenters. The lowest BCUT2D eigenvalue weighted by molar-refractivity contribution is -0.137. The van der Waals surface area contributed by atoms with E-state index in [4.69, 9.17) is 5.11 Å². The summed E-state index contributed by atoms with van der Waals surface area (Å²) in [6.45, 7) is 0. The summed E-state index contributed by atoms with van der Waals surface area (Å²) in [6.07, 6.45) is 2.41. The van der Waals surface area contributed by atoms with Crippen molar-refractivity contribution >= 4 is 32.7 Å². The van der Waals surface area contributed by atoms with Crippen LogP contribution in [0.2, 0.25) is 0 Å². The van der Waals surface area contributed by atoms with Gasteiger partial charge < -0.3 is 10.4 Å². The number of carbonyl (C=O) groups is 1. The van der Waals surface area contributed by atoms with Crippen molar-refractivity contribution in [2.45, 2.75) is 25.3 Å². The number of aliphatic carboxylic acids is 1. The Kier molecular flexibility index (Phi) is 2.91. The second-order valence-corrected chi connectivity index (χ2v) is 5.70. The average Bonchev–Trinajstić information content (AvgIpc) is 3.08. The monoisotopic (exact) mass is 262 g/mol. The number of thiazole rings is 1. The first kappa shape index (κ1) is 11.5. The van der Waals surface area contributed by atoms with Crippen molar-refractivity contribution < 1.29 is 9.90 Å². The number of hydrogen-bond acceptors (Lipinski definition) is 4. The fourth-order valence-corrected chi connectivity index (χ4v) is 3.04. The van der Waals surface area contributed by atoms with Gasteiger partial charge in [0.15, 0.2) is 5.13 Å². The molecule has 1 aromatic carbocycles. The van der Waals surface area contributed by atoms with Gasteiger partial charge in [-0.15, -0.1) is 0 Å². The lowest BCUT2D eigenvalue weighted by atomic mass is 10.1. The van der Waals surface area contributed by atoms with Crippen molar-refractivity contribution in [1.29, 1.82) is 0 Å². The Balaban J connectivity index is 1.78. The van der Waals surface area contributed by atoms with Crippen molar-refractivity contribution in [3.05, 3.63) is 24.3 Å². The van der Waals surface area contributed by atoms with Gasteiger partial charge in [-0.3, -0.25) is 4.79 Å². The van der Waals surface area contributed by atoms with Gasteiger partial charge in [0.05, 0.1) is 16.6 Å². The minimum absolute atomic E-state index is 0.0167. The zero-order valence-corrected chi connectivity index (χ0v) is 10.6. The maximum atomic E-state index is 10.8. The minimum atomic E-state index is -0.750. The Bertz CT molecular complexity index is 544. The summed E-state index contributed by atoms with van der Waals surface area (Å²) in [7, 11) is 0. The second kappa shape index (κ2) is 4.57. The van der Waals surface area contributed by atoms with Gasteiger partial charge in [-0.1, -0.05) is 23.5 Å². The van der Waals surface area contributed by atoms with E-state index in [2.05, 4.69) is 10.3 Å². The van der Waals surface area contributed by atoms with Crippen LogP contribution in [0.5, 0.6) is 0 Å². The lowest BCUT2D eigenvalue weighted by Gasteiger charge is -2.14. The predicted octanol–water partition coefficient (Wildman–Crippen LogP) is 2.96. The highest BCUT2D eigenvalue weighted by Gasteiger charge is 2.33. The molecule has 0 aliphatic heterocycles. The molecule has 2 aromatic rings. The molecular formula is C13H14N2O2S. The van der Waals surface area contributed by atoms with Gasteiger partial charge in [0.25, 0.3) is 0 Å². The molecular weight excluding hydrogens is 248 g/mol. The number of para-hydroxylation sites is 1. The van der Waals surface area contributed by atoms with Crippen LogP contribution in [-0.4, -0.2) is 22.1 Å². The number of nitrogens with one attached hydrogen (secondary N) is 1. The molecule has 1 saturated carbocycles. The van der Waals surface area contributed by atoms with Crippen LogP contribution >= 0.6 is 11.3 Å². The number of carboxylic acids is 1. The minimum Gasteiger partial charge on any atom is -0.481 e. The molecule has 2 N–H and O–H groups in total. The molecule has 0 radical (unpaired) electrons. The van der Waals surface area contributed by atoms with Crippen LogP contribution in [0.3, 0.4) is 0 Å². The molecule has 0 bridgehead atoms. The zero-order valence-electron chi connectivity index (χ0n) is 9.80. The van der Waals surface area contributed by atoms with Crippen LogP contribution in [0.25, 0.3) is 10.2 Å². The number of fused-ring (bicyclic) bond motifs is 1. The van der Waals surface area contributed by atoms with Gasteiger partial charge in [-0.25, -0.2) is 4.98 Å². The van der Waals surface area contributed by atoms with Gasteiger partial charge in [0.1, 0.15) is 0 Å². The summed E-state index contributed by atoms with van der Waals surface area (Å²) >= 11 is 1.58. The first-order chi connectivity index (χ1) is 8.72. The highest BCUT2D eigenvalue weighted by atomic mass is 32.1. The number of nitrogens with zero attached hydrogens (tertiary/aromatic N) is 1. The van der Waals surface area contributed by atoms with E-state index in [0.29, 0.717) is 5.92 Å². The Hall–Kier alpha value is -1.62. The Morgan fingerprint density at radius 3 is 2.94 bits per heavy atom. The summed E-state index contributed by atoms with van der Waals surface area (Å²) in [6, 6.07) is 7.96. The molecule has 94 valence electrons. The smallest absolute Gasteiger partial charge is 0.305 e. The van der Waals surface area contributed by atoms with Crippen LogP contribution in [-0.2, 0) is 4.79 Å². The second-order valence-electron chi connectivity index (χ2n) is 4.67. The summed E-state index contributed by atoms with van der Waals surface area (Å²) in [5.41, 5.74) is 0.967. The maximum Gasteiger partial charge on any atom is 0.305 e. The van der Waals surface area contributed by atoms with Crippen molar-refractivity contribution in [3.8, 4) is 0 Å². The average molecular weight is 262 g/mol. The van der Waals surface area contributed by atoms with E-state index >= 15 is 0 Å². The van der Waals surface area contributed by atoms with E-state index in [0.717, 1.165) is 28.2 Å².